The van der Waals surface area contributed by atoms with Crippen LogP contribution in [0.4, 0.5) is 0 Å². The highest BCUT2D eigenvalue weighted by molar-refractivity contribution is 6.00. The Morgan fingerprint density at radius 1 is 1.19 bits per heavy atom. The lowest BCUT2D eigenvalue weighted by Crippen LogP contribution is -1.97. The third kappa shape index (κ3) is 2.31. The van der Waals surface area contributed by atoms with Crippen LogP contribution < -0.4 is 4.74 Å². The van der Waals surface area contributed by atoms with Crippen molar-refractivity contribution in [2.24, 2.45) is 0 Å². The van der Waals surface area contributed by atoms with Crippen molar-refractivity contribution in [3.63, 3.8) is 0 Å². The van der Waals surface area contributed by atoms with Crippen molar-refractivity contribution in [1.29, 1.82) is 0 Å². The van der Waals surface area contributed by atoms with Crippen molar-refractivity contribution in [2.75, 3.05) is 7.11 Å². The lowest BCUT2D eigenvalue weighted by atomic mass is 9.97. The van der Waals surface area contributed by atoms with E-state index in [-0.39, 0.29) is 5.56 Å². The van der Waals surface area contributed by atoms with Crippen LogP contribution in [0.5, 0.6) is 5.75 Å². The van der Waals surface area contributed by atoms with E-state index in [4.69, 9.17) is 9.84 Å². The van der Waals surface area contributed by atoms with Gasteiger partial charge >= 0.3 is 5.97 Å². The smallest absolute Gasteiger partial charge is 0.335 e. The lowest BCUT2D eigenvalue weighted by molar-refractivity contribution is 0.0697. The molecule has 2 aromatic carbocycles. The van der Waals surface area contributed by atoms with E-state index in [2.05, 4.69) is 4.98 Å². The minimum atomic E-state index is -0.947. The highest BCUT2D eigenvalue weighted by Gasteiger charge is 2.12. The minimum Gasteiger partial charge on any atom is -0.496 e. The fraction of sp³-hybridized carbons (Fsp3) is 0.0588. The Bertz CT molecular complexity index is 827. The summed E-state index contributed by atoms with van der Waals surface area (Å²) in [5.41, 5.74) is 1.93. The van der Waals surface area contributed by atoms with Crippen molar-refractivity contribution < 1.29 is 14.6 Å². The first-order chi connectivity index (χ1) is 10.2. The number of nitrogens with zero attached hydrogens (tertiary/aromatic N) is 1. The second kappa shape index (κ2) is 5.25. The molecular formula is C17H13NO3. The third-order valence-corrected chi connectivity index (χ3v) is 3.40. The molecular weight excluding hydrogens is 266 g/mol. The first-order valence-corrected chi connectivity index (χ1v) is 6.45. The summed E-state index contributed by atoms with van der Waals surface area (Å²) in [4.78, 5) is 15.3. The molecule has 0 radical (unpaired) electrons. The summed E-state index contributed by atoms with van der Waals surface area (Å²) in [6.07, 6.45) is 3.49. The average molecular weight is 279 g/mol. The number of aromatic nitrogens is 1. The minimum absolute atomic E-state index is 0.251. The number of rotatable bonds is 3. The summed E-state index contributed by atoms with van der Waals surface area (Å²) in [5.74, 6) is -0.242. The molecule has 0 amide bonds. The van der Waals surface area contributed by atoms with Gasteiger partial charge in [-0.15, -0.1) is 0 Å². The molecule has 3 aromatic rings. The summed E-state index contributed by atoms with van der Waals surface area (Å²) >= 11 is 0. The van der Waals surface area contributed by atoms with E-state index >= 15 is 0 Å². The largest absolute Gasteiger partial charge is 0.496 e. The van der Waals surface area contributed by atoms with Crippen LogP contribution in [-0.4, -0.2) is 23.2 Å². The first kappa shape index (κ1) is 13.1. The average Bonchev–Trinajstić information content (AvgIpc) is 2.53. The topological polar surface area (TPSA) is 59.4 Å². The van der Waals surface area contributed by atoms with Gasteiger partial charge in [0, 0.05) is 23.3 Å². The molecule has 0 saturated heterocycles. The van der Waals surface area contributed by atoms with Gasteiger partial charge in [0.05, 0.1) is 12.7 Å². The predicted molar refractivity (Wildman–Crippen MR) is 80.7 cm³/mol. The fourth-order valence-electron chi connectivity index (χ4n) is 2.42. The van der Waals surface area contributed by atoms with E-state index in [0.717, 1.165) is 21.9 Å². The molecule has 1 N–H and O–H groups in total. The number of aromatic carboxylic acids is 1. The molecule has 0 aliphatic rings. The van der Waals surface area contributed by atoms with Crippen molar-refractivity contribution >= 4 is 16.7 Å². The second-order valence-corrected chi connectivity index (χ2v) is 4.63. The van der Waals surface area contributed by atoms with Gasteiger partial charge in [-0.05, 0) is 41.3 Å². The number of ether oxygens (including phenoxy) is 1. The molecule has 0 aliphatic heterocycles. The molecule has 0 fully saturated rings. The predicted octanol–water partition coefficient (Wildman–Crippen LogP) is 3.61. The van der Waals surface area contributed by atoms with Gasteiger partial charge in [-0.25, -0.2) is 4.79 Å². The van der Waals surface area contributed by atoms with E-state index in [0.29, 0.717) is 5.75 Å². The summed E-state index contributed by atoms with van der Waals surface area (Å²) in [7, 11) is 1.60. The number of carboxylic acid groups (broad SMARTS) is 1. The molecule has 21 heavy (non-hydrogen) atoms. The van der Waals surface area contributed by atoms with Crippen molar-refractivity contribution in [3.8, 4) is 16.9 Å². The molecule has 1 aromatic heterocycles. The second-order valence-electron chi connectivity index (χ2n) is 4.63. The number of hydrogen-bond acceptors (Lipinski definition) is 3. The number of carbonyl (C=O) groups is 1. The van der Waals surface area contributed by atoms with E-state index < -0.39 is 5.97 Å². The van der Waals surface area contributed by atoms with Crippen LogP contribution in [0, 0.1) is 0 Å². The van der Waals surface area contributed by atoms with E-state index in [1.54, 1.807) is 37.7 Å². The monoisotopic (exact) mass is 279 g/mol. The van der Waals surface area contributed by atoms with Gasteiger partial charge in [-0.2, -0.15) is 0 Å². The van der Waals surface area contributed by atoms with Crippen LogP contribution in [0.2, 0.25) is 0 Å². The number of methoxy groups -OCH3 is 1. The van der Waals surface area contributed by atoms with Crippen LogP contribution in [0.25, 0.3) is 21.9 Å². The molecule has 0 atom stereocenters. The zero-order valence-electron chi connectivity index (χ0n) is 11.4. The van der Waals surface area contributed by atoms with Crippen LogP contribution in [0.15, 0.2) is 54.9 Å². The number of pyridine rings is 1. The molecule has 3 rings (SSSR count). The van der Waals surface area contributed by atoms with E-state index in [9.17, 15) is 4.79 Å². The Kier molecular flexibility index (Phi) is 3.28. The Hall–Kier alpha value is -2.88. The quantitative estimate of drug-likeness (QED) is 0.795. The Balaban J connectivity index is 2.32. The fourth-order valence-corrected chi connectivity index (χ4v) is 2.42. The number of fused-ring (bicyclic) bond motifs is 1. The molecule has 0 unspecified atom stereocenters. The van der Waals surface area contributed by atoms with Crippen LogP contribution in [0.1, 0.15) is 10.4 Å². The molecule has 0 aliphatic carbocycles. The standard InChI is InChI=1S/C17H13NO3/c1-21-15-6-5-13-10-18-8-7-14(13)16(15)11-3-2-4-12(9-11)17(19)20/h2-10H,1H3,(H,19,20). The van der Waals surface area contributed by atoms with Gasteiger partial charge in [0.25, 0.3) is 0 Å². The zero-order valence-corrected chi connectivity index (χ0v) is 11.4. The normalized spacial score (nSPS) is 10.5. The molecule has 4 nitrogen and oxygen atoms in total. The molecule has 0 saturated carbocycles. The Labute approximate surface area is 121 Å². The maximum absolute atomic E-state index is 11.2. The van der Waals surface area contributed by atoms with Crippen LogP contribution in [0.3, 0.4) is 0 Å². The molecule has 1 heterocycles. The highest BCUT2D eigenvalue weighted by Crippen LogP contribution is 2.36. The summed E-state index contributed by atoms with van der Waals surface area (Å²) in [5, 5.41) is 11.1. The van der Waals surface area contributed by atoms with Crippen LogP contribution >= 0.6 is 0 Å². The molecule has 0 bridgehead atoms. The molecule has 4 heteroatoms. The van der Waals surface area contributed by atoms with Gasteiger partial charge in [-0.1, -0.05) is 12.1 Å². The van der Waals surface area contributed by atoms with Gasteiger partial charge in [0.15, 0.2) is 0 Å². The van der Waals surface area contributed by atoms with Crippen molar-refractivity contribution in [2.45, 2.75) is 0 Å². The molecule has 0 spiro atoms. The third-order valence-electron chi connectivity index (χ3n) is 3.40. The van der Waals surface area contributed by atoms with Crippen molar-refractivity contribution in [3.05, 3.63) is 60.4 Å². The lowest BCUT2D eigenvalue weighted by Gasteiger charge is -2.12. The number of carboxylic acids is 1. The van der Waals surface area contributed by atoms with Crippen molar-refractivity contribution in [1.82, 2.24) is 4.98 Å². The maximum Gasteiger partial charge on any atom is 0.335 e. The Morgan fingerprint density at radius 2 is 2.05 bits per heavy atom. The summed E-state index contributed by atoms with van der Waals surface area (Å²) in [6, 6.07) is 12.5. The van der Waals surface area contributed by atoms with E-state index in [1.165, 1.54) is 0 Å². The Morgan fingerprint density at radius 3 is 2.81 bits per heavy atom. The van der Waals surface area contributed by atoms with Gasteiger partial charge in [0.2, 0.25) is 0 Å². The van der Waals surface area contributed by atoms with Gasteiger partial charge < -0.3 is 9.84 Å². The highest BCUT2D eigenvalue weighted by atomic mass is 16.5. The summed E-state index contributed by atoms with van der Waals surface area (Å²) < 4.78 is 5.44. The van der Waals surface area contributed by atoms with E-state index in [1.807, 2.05) is 24.3 Å². The SMILES string of the molecule is COc1ccc2cnccc2c1-c1cccc(C(=O)O)c1. The van der Waals surface area contributed by atoms with Gasteiger partial charge in [-0.3, -0.25) is 4.98 Å². The zero-order chi connectivity index (χ0) is 14.8. The molecule has 104 valence electrons. The van der Waals surface area contributed by atoms with Crippen LogP contribution in [-0.2, 0) is 0 Å². The number of hydrogen-bond donors (Lipinski definition) is 1. The van der Waals surface area contributed by atoms with Gasteiger partial charge in [0.1, 0.15) is 5.75 Å². The maximum atomic E-state index is 11.2. The first-order valence-electron chi connectivity index (χ1n) is 6.45. The summed E-state index contributed by atoms with van der Waals surface area (Å²) in [6.45, 7) is 0. The number of benzene rings is 2.